The van der Waals surface area contributed by atoms with Gasteiger partial charge in [-0.3, -0.25) is 10.0 Å². The number of hydroxylamine groups is 1. The summed E-state index contributed by atoms with van der Waals surface area (Å²) in [5.74, 6) is -0.178. The van der Waals surface area contributed by atoms with Crippen molar-refractivity contribution in [3.8, 4) is 5.75 Å². The molecule has 0 aliphatic carbocycles. The Morgan fingerprint density at radius 3 is 2.32 bits per heavy atom. The average Bonchev–Trinajstić information content (AvgIpc) is 2.65. The van der Waals surface area contributed by atoms with Gasteiger partial charge in [0.25, 0.3) is 0 Å². The van der Waals surface area contributed by atoms with E-state index in [0.29, 0.717) is 12.2 Å². The number of methoxy groups -OCH3 is 1. The van der Waals surface area contributed by atoms with Crippen LogP contribution < -0.4 is 10.2 Å². The number of aryl methyl sites for hydroxylation is 1. The van der Waals surface area contributed by atoms with Crippen molar-refractivity contribution in [3.63, 3.8) is 0 Å². The lowest BCUT2D eigenvalue weighted by Crippen LogP contribution is -2.30. The van der Waals surface area contributed by atoms with Gasteiger partial charge >= 0.3 is 0 Å². The smallest absolute Gasteiger partial charge is 0.244 e. The number of sulfone groups is 1. The first kappa shape index (κ1) is 19.0. The van der Waals surface area contributed by atoms with Crippen molar-refractivity contribution < 1.29 is 23.2 Å². The van der Waals surface area contributed by atoms with Crippen molar-refractivity contribution in [2.45, 2.75) is 29.4 Å². The van der Waals surface area contributed by atoms with Crippen molar-refractivity contribution in [2.24, 2.45) is 0 Å². The summed E-state index contributed by atoms with van der Waals surface area (Å²) in [6, 6.07) is 15.5. The third-order valence-corrected chi connectivity index (χ3v) is 6.17. The van der Waals surface area contributed by atoms with E-state index in [0.717, 1.165) is 5.56 Å². The minimum atomic E-state index is -3.73. The Hall–Kier alpha value is -2.38. The lowest BCUT2D eigenvalue weighted by molar-refractivity contribution is -0.129. The summed E-state index contributed by atoms with van der Waals surface area (Å²) >= 11 is 0. The highest BCUT2D eigenvalue weighted by molar-refractivity contribution is 7.92. The maximum absolute atomic E-state index is 12.9. The van der Waals surface area contributed by atoms with Crippen LogP contribution in [-0.4, -0.2) is 31.9 Å². The summed E-state index contributed by atoms with van der Waals surface area (Å²) in [6.07, 6.45) is 0.475. The molecule has 2 aromatic rings. The molecule has 7 heteroatoms. The third kappa shape index (κ3) is 5.04. The van der Waals surface area contributed by atoms with E-state index in [9.17, 15) is 13.2 Å². The Balaban J connectivity index is 2.23. The van der Waals surface area contributed by atoms with Crippen LogP contribution in [0.4, 0.5) is 0 Å². The molecule has 2 aromatic carbocycles. The SMILES string of the molecule is COc1ccc(S(=O)(=O)[C@H](CCc2ccccc2)CC(=O)NO)cc1. The Bertz CT molecular complexity index is 788. The van der Waals surface area contributed by atoms with Crippen LogP contribution in [0.2, 0.25) is 0 Å². The predicted molar refractivity (Wildman–Crippen MR) is 93.3 cm³/mol. The maximum atomic E-state index is 12.9. The molecule has 0 heterocycles. The molecular formula is C18H21NO5S. The van der Waals surface area contributed by atoms with E-state index >= 15 is 0 Å². The molecule has 25 heavy (non-hydrogen) atoms. The fourth-order valence-electron chi connectivity index (χ4n) is 2.55. The number of nitrogens with one attached hydrogen (secondary N) is 1. The number of carbonyl (C=O) groups excluding carboxylic acids is 1. The van der Waals surface area contributed by atoms with Crippen LogP contribution in [0, 0.1) is 0 Å². The van der Waals surface area contributed by atoms with Crippen LogP contribution >= 0.6 is 0 Å². The van der Waals surface area contributed by atoms with E-state index in [1.807, 2.05) is 30.3 Å². The van der Waals surface area contributed by atoms with Crippen molar-refractivity contribution >= 4 is 15.7 Å². The third-order valence-electron chi connectivity index (χ3n) is 3.96. The molecule has 0 saturated heterocycles. The van der Waals surface area contributed by atoms with Gasteiger partial charge in [0.05, 0.1) is 17.3 Å². The minimum absolute atomic E-state index is 0.122. The van der Waals surface area contributed by atoms with Crippen molar-refractivity contribution in [2.75, 3.05) is 7.11 Å². The molecule has 0 fully saturated rings. The van der Waals surface area contributed by atoms with Crippen LogP contribution in [0.1, 0.15) is 18.4 Å². The first-order valence-corrected chi connectivity index (χ1v) is 9.37. The zero-order valence-electron chi connectivity index (χ0n) is 13.9. The number of hydrogen-bond donors (Lipinski definition) is 2. The second-order valence-electron chi connectivity index (χ2n) is 5.61. The first-order chi connectivity index (χ1) is 12.0. The second kappa shape index (κ2) is 8.64. The van der Waals surface area contributed by atoms with Gasteiger partial charge in [0.1, 0.15) is 5.75 Å². The van der Waals surface area contributed by atoms with Crippen LogP contribution in [0.15, 0.2) is 59.5 Å². The van der Waals surface area contributed by atoms with E-state index in [1.165, 1.54) is 24.7 Å². The zero-order valence-corrected chi connectivity index (χ0v) is 14.7. The number of carbonyl (C=O) groups is 1. The highest BCUT2D eigenvalue weighted by Gasteiger charge is 2.29. The molecule has 1 amide bonds. The first-order valence-electron chi connectivity index (χ1n) is 7.82. The number of hydrogen-bond acceptors (Lipinski definition) is 5. The van der Waals surface area contributed by atoms with Gasteiger partial charge < -0.3 is 4.74 Å². The van der Waals surface area contributed by atoms with Gasteiger partial charge in [-0.1, -0.05) is 30.3 Å². The van der Waals surface area contributed by atoms with Crippen LogP contribution in [0.5, 0.6) is 5.75 Å². The van der Waals surface area contributed by atoms with Gasteiger partial charge in [-0.25, -0.2) is 13.9 Å². The minimum Gasteiger partial charge on any atom is -0.497 e. The molecule has 2 N–H and O–H groups in total. The highest BCUT2D eigenvalue weighted by atomic mass is 32.2. The summed E-state index contributed by atoms with van der Waals surface area (Å²) in [5.41, 5.74) is 2.50. The van der Waals surface area contributed by atoms with Gasteiger partial charge in [-0.05, 0) is 42.7 Å². The lowest BCUT2D eigenvalue weighted by atomic mass is 10.1. The van der Waals surface area contributed by atoms with Gasteiger partial charge in [0, 0.05) is 6.42 Å². The van der Waals surface area contributed by atoms with Crippen molar-refractivity contribution in [1.29, 1.82) is 0 Å². The molecule has 0 unspecified atom stereocenters. The molecule has 0 aliphatic heterocycles. The highest BCUT2D eigenvalue weighted by Crippen LogP contribution is 2.24. The summed E-state index contributed by atoms with van der Waals surface area (Å²) in [4.78, 5) is 11.7. The topological polar surface area (TPSA) is 92.7 Å². The Morgan fingerprint density at radius 2 is 1.76 bits per heavy atom. The van der Waals surface area contributed by atoms with Gasteiger partial charge in [0.2, 0.25) is 5.91 Å². The van der Waals surface area contributed by atoms with E-state index in [2.05, 4.69) is 0 Å². The fraction of sp³-hybridized carbons (Fsp3) is 0.278. The molecule has 0 saturated carbocycles. The van der Waals surface area contributed by atoms with Crippen LogP contribution in [0.3, 0.4) is 0 Å². The maximum Gasteiger partial charge on any atom is 0.244 e. The van der Waals surface area contributed by atoms with E-state index in [-0.39, 0.29) is 17.7 Å². The van der Waals surface area contributed by atoms with Crippen molar-refractivity contribution in [3.05, 3.63) is 60.2 Å². The summed E-state index contributed by atoms with van der Waals surface area (Å²) < 4.78 is 30.8. The molecule has 0 aromatic heterocycles. The number of ether oxygens (including phenoxy) is 1. The summed E-state index contributed by atoms with van der Waals surface area (Å²) in [5, 5.41) is 7.83. The molecule has 2 rings (SSSR count). The number of benzene rings is 2. The second-order valence-corrected chi connectivity index (χ2v) is 7.83. The predicted octanol–water partition coefficient (Wildman–Crippen LogP) is 2.37. The van der Waals surface area contributed by atoms with E-state index in [4.69, 9.17) is 9.94 Å². The normalized spacial score (nSPS) is 12.4. The lowest BCUT2D eigenvalue weighted by Gasteiger charge is -2.17. The monoisotopic (exact) mass is 363 g/mol. The molecule has 6 nitrogen and oxygen atoms in total. The fourth-order valence-corrected chi connectivity index (χ4v) is 4.25. The largest absolute Gasteiger partial charge is 0.497 e. The number of amides is 1. The Morgan fingerprint density at radius 1 is 1.12 bits per heavy atom. The van der Waals surface area contributed by atoms with Crippen LogP contribution in [0.25, 0.3) is 0 Å². The number of rotatable bonds is 8. The molecule has 1 atom stereocenters. The molecule has 134 valence electrons. The Kier molecular flexibility index (Phi) is 6.55. The molecule has 0 spiro atoms. The zero-order chi connectivity index (χ0) is 18.3. The Labute approximate surface area is 147 Å². The summed E-state index contributed by atoms with van der Waals surface area (Å²) in [6.45, 7) is 0. The van der Waals surface area contributed by atoms with Crippen molar-refractivity contribution in [1.82, 2.24) is 5.48 Å². The van der Waals surface area contributed by atoms with Gasteiger partial charge in [-0.15, -0.1) is 0 Å². The summed E-state index contributed by atoms with van der Waals surface area (Å²) in [7, 11) is -2.23. The average molecular weight is 363 g/mol. The van der Waals surface area contributed by atoms with Gasteiger partial charge in [0.15, 0.2) is 9.84 Å². The van der Waals surface area contributed by atoms with E-state index in [1.54, 1.807) is 12.1 Å². The quantitative estimate of drug-likeness (QED) is 0.555. The molecule has 0 radical (unpaired) electrons. The molecule has 0 bridgehead atoms. The van der Waals surface area contributed by atoms with Crippen LogP contribution in [-0.2, 0) is 21.1 Å². The standard InChI is InChI=1S/C18H21NO5S/c1-24-15-8-11-16(12-9-15)25(22,23)17(13-18(20)19-21)10-7-14-5-3-2-4-6-14/h2-6,8-9,11-12,17,21H,7,10,13H2,1H3,(H,19,20)/t17-/m1/s1. The van der Waals surface area contributed by atoms with Gasteiger partial charge in [-0.2, -0.15) is 0 Å². The molecule has 0 aliphatic rings. The molecular weight excluding hydrogens is 342 g/mol. The van der Waals surface area contributed by atoms with E-state index < -0.39 is 21.0 Å².